The van der Waals surface area contributed by atoms with Crippen LogP contribution in [0.15, 0.2) is 78.9 Å². The molecule has 1 fully saturated rings. The first kappa shape index (κ1) is 22.4. The number of hydrogen-bond donors (Lipinski definition) is 0. The standard InChI is InChI=1S/C29H25ClN2O2/c30-25-14-6-7-15-26(25)32-20-18-31(19-21-32)17-9-8-16-29(22-10-2-1-3-11-22)27(33)23-12-4-5-13-24(23)28(29)34/h1-7,10-15H,16-21H2. The molecule has 0 spiro atoms. The Bertz CT molecular complexity index is 1250. The van der Waals surface area contributed by atoms with E-state index in [-0.39, 0.29) is 18.0 Å². The molecule has 1 heterocycles. The summed E-state index contributed by atoms with van der Waals surface area (Å²) in [6, 6.07) is 24.4. The van der Waals surface area contributed by atoms with Gasteiger partial charge in [0.05, 0.1) is 17.3 Å². The molecule has 3 aromatic rings. The number of fused-ring (bicyclic) bond motifs is 1. The van der Waals surface area contributed by atoms with Crippen molar-refractivity contribution in [2.24, 2.45) is 0 Å². The maximum Gasteiger partial charge on any atom is 0.182 e. The van der Waals surface area contributed by atoms with Gasteiger partial charge in [0.1, 0.15) is 5.41 Å². The summed E-state index contributed by atoms with van der Waals surface area (Å²) >= 11 is 6.35. The molecule has 2 aliphatic rings. The van der Waals surface area contributed by atoms with E-state index >= 15 is 0 Å². The maximum absolute atomic E-state index is 13.5. The number of piperazine rings is 1. The van der Waals surface area contributed by atoms with Crippen LogP contribution in [0.25, 0.3) is 0 Å². The molecule has 0 bridgehead atoms. The van der Waals surface area contributed by atoms with Crippen LogP contribution >= 0.6 is 11.6 Å². The van der Waals surface area contributed by atoms with Crippen LogP contribution in [0.5, 0.6) is 0 Å². The number of para-hydroxylation sites is 1. The quantitative estimate of drug-likeness (QED) is 0.404. The molecular weight excluding hydrogens is 444 g/mol. The van der Waals surface area contributed by atoms with E-state index < -0.39 is 5.41 Å². The largest absolute Gasteiger partial charge is 0.368 e. The van der Waals surface area contributed by atoms with E-state index in [9.17, 15) is 9.59 Å². The second-order valence-electron chi connectivity index (χ2n) is 8.72. The van der Waals surface area contributed by atoms with E-state index in [4.69, 9.17) is 11.6 Å². The predicted molar refractivity (Wildman–Crippen MR) is 136 cm³/mol. The van der Waals surface area contributed by atoms with Crippen molar-refractivity contribution < 1.29 is 9.59 Å². The highest BCUT2D eigenvalue weighted by Gasteiger charge is 2.53. The molecule has 0 N–H and O–H groups in total. The van der Waals surface area contributed by atoms with E-state index in [0.29, 0.717) is 23.2 Å². The smallest absolute Gasteiger partial charge is 0.182 e. The fourth-order valence-electron chi connectivity index (χ4n) is 4.91. The molecule has 4 nitrogen and oxygen atoms in total. The zero-order chi connectivity index (χ0) is 23.5. The number of Topliss-reactive ketones (excluding diaryl/α,β-unsaturated/α-hetero) is 2. The van der Waals surface area contributed by atoms with Crippen LogP contribution in [0.3, 0.4) is 0 Å². The summed E-state index contributed by atoms with van der Waals surface area (Å²) in [4.78, 5) is 31.6. The molecule has 5 rings (SSSR count). The van der Waals surface area contributed by atoms with Gasteiger partial charge in [-0.15, -0.1) is 5.92 Å². The number of ketones is 2. The molecular formula is C29H25ClN2O2. The fraction of sp³-hybridized carbons (Fsp3) is 0.241. The lowest BCUT2D eigenvalue weighted by molar-refractivity contribution is 0.0797. The van der Waals surface area contributed by atoms with Crippen molar-refractivity contribution in [1.29, 1.82) is 0 Å². The van der Waals surface area contributed by atoms with Crippen molar-refractivity contribution in [2.45, 2.75) is 11.8 Å². The molecule has 0 saturated carbocycles. The monoisotopic (exact) mass is 468 g/mol. The summed E-state index contributed by atoms with van der Waals surface area (Å²) in [7, 11) is 0. The van der Waals surface area contributed by atoms with Gasteiger partial charge in [-0.1, -0.05) is 84.3 Å². The second-order valence-corrected chi connectivity index (χ2v) is 9.13. The first-order valence-electron chi connectivity index (χ1n) is 11.5. The van der Waals surface area contributed by atoms with Gasteiger partial charge in [-0.2, -0.15) is 0 Å². The maximum atomic E-state index is 13.5. The Morgan fingerprint density at radius 2 is 1.32 bits per heavy atom. The van der Waals surface area contributed by atoms with E-state index in [1.807, 2.05) is 48.5 Å². The van der Waals surface area contributed by atoms with Crippen molar-refractivity contribution in [1.82, 2.24) is 4.90 Å². The van der Waals surface area contributed by atoms with Gasteiger partial charge in [-0.05, 0) is 17.7 Å². The highest BCUT2D eigenvalue weighted by molar-refractivity contribution is 6.33. The average Bonchev–Trinajstić information content (AvgIpc) is 3.10. The minimum absolute atomic E-state index is 0.151. The minimum atomic E-state index is -1.26. The zero-order valence-electron chi connectivity index (χ0n) is 18.8. The molecule has 3 aromatic carbocycles. The Morgan fingerprint density at radius 1 is 0.735 bits per heavy atom. The molecule has 170 valence electrons. The van der Waals surface area contributed by atoms with Crippen LogP contribution in [0.2, 0.25) is 5.02 Å². The van der Waals surface area contributed by atoms with Gasteiger partial charge in [0, 0.05) is 43.7 Å². The molecule has 0 aromatic heterocycles. The van der Waals surface area contributed by atoms with Crippen molar-refractivity contribution in [3.05, 3.63) is 101 Å². The van der Waals surface area contributed by atoms with Gasteiger partial charge < -0.3 is 4.90 Å². The Morgan fingerprint density at radius 3 is 1.97 bits per heavy atom. The zero-order valence-corrected chi connectivity index (χ0v) is 19.6. The van der Waals surface area contributed by atoms with Crippen molar-refractivity contribution in [3.8, 4) is 11.8 Å². The summed E-state index contributed by atoms with van der Waals surface area (Å²) in [6.45, 7) is 4.13. The topological polar surface area (TPSA) is 40.6 Å². The number of carbonyl (C=O) groups is 2. The third kappa shape index (κ3) is 3.92. The van der Waals surface area contributed by atoms with Crippen molar-refractivity contribution >= 4 is 28.9 Å². The van der Waals surface area contributed by atoms with Crippen molar-refractivity contribution in [3.63, 3.8) is 0 Å². The SMILES string of the molecule is O=C1c2ccccc2C(=O)C1(CC#CCN1CCN(c2ccccc2Cl)CC1)c1ccccc1. The van der Waals surface area contributed by atoms with Gasteiger partial charge in [-0.3, -0.25) is 14.5 Å². The van der Waals surface area contributed by atoms with Crippen LogP contribution < -0.4 is 4.90 Å². The number of nitrogens with zero attached hydrogens (tertiary/aromatic N) is 2. The van der Waals surface area contributed by atoms with Crippen LogP contribution in [0.4, 0.5) is 5.69 Å². The van der Waals surface area contributed by atoms with E-state index in [1.165, 1.54) is 0 Å². The van der Waals surface area contributed by atoms with Crippen LogP contribution in [-0.2, 0) is 5.41 Å². The Hall–Kier alpha value is -3.39. The Labute approximate surface area is 205 Å². The lowest BCUT2D eigenvalue weighted by Crippen LogP contribution is -2.46. The van der Waals surface area contributed by atoms with Gasteiger partial charge in [-0.25, -0.2) is 0 Å². The number of rotatable bonds is 4. The fourth-order valence-corrected chi connectivity index (χ4v) is 5.16. The molecule has 0 amide bonds. The van der Waals surface area contributed by atoms with Crippen LogP contribution in [0, 0.1) is 11.8 Å². The number of hydrogen-bond acceptors (Lipinski definition) is 4. The molecule has 0 unspecified atom stereocenters. The molecule has 0 radical (unpaired) electrons. The summed E-state index contributed by atoms with van der Waals surface area (Å²) in [5, 5.41) is 0.772. The normalized spacial score (nSPS) is 17.3. The number of anilines is 1. The van der Waals surface area contributed by atoms with Gasteiger partial charge in [0.25, 0.3) is 0 Å². The lowest BCUT2D eigenvalue weighted by Gasteiger charge is -2.35. The van der Waals surface area contributed by atoms with Gasteiger partial charge in [0.2, 0.25) is 0 Å². The highest BCUT2D eigenvalue weighted by atomic mass is 35.5. The van der Waals surface area contributed by atoms with Gasteiger partial charge in [0.15, 0.2) is 11.6 Å². The second kappa shape index (κ2) is 9.46. The van der Waals surface area contributed by atoms with E-state index in [1.54, 1.807) is 24.3 Å². The predicted octanol–water partition coefficient (Wildman–Crippen LogP) is 4.87. The van der Waals surface area contributed by atoms with Crippen LogP contribution in [0.1, 0.15) is 32.7 Å². The Kier molecular flexibility index (Phi) is 6.24. The highest BCUT2D eigenvalue weighted by Crippen LogP contribution is 2.42. The third-order valence-electron chi connectivity index (χ3n) is 6.80. The number of carbonyl (C=O) groups excluding carboxylic acids is 2. The summed E-state index contributed by atoms with van der Waals surface area (Å²) in [5.74, 6) is 6.13. The molecule has 5 heteroatoms. The first-order valence-corrected chi connectivity index (χ1v) is 11.9. The lowest BCUT2D eigenvalue weighted by atomic mass is 9.73. The molecule has 1 aliphatic heterocycles. The summed E-state index contributed by atoms with van der Waals surface area (Å²) in [5.41, 5.74) is 1.50. The molecule has 1 saturated heterocycles. The number of halogens is 1. The molecule has 1 aliphatic carbocycles. The number of benzene rings is 3. The van der Waals surface area contributed by atoms with E-state index in [2.05, 4.69) is 27.7 Å². The third-order valence-corrected chi connectivity index (χ3v) is 7.12. The average molecular weight is 469 g/mol. The molecule has 0 atom stereocenters. The minimum Gasteiger partial charge on any atom is -0.368 e. The van der Waals surface area contributed by atoms with Gasteiger partial charge >= 0.3 is 0 Å². The summed E-state index contributed by atoms with van der Waals surface area (Å²) in [6.07, 6.45) is 0.183. The Balaban J connectivity index is 1.30. The van der Waals surface area contributed by atoms with Crippen molar-refractivity contribution in [2.75, 3.05) is 37.6 Å². The first-order chi connectivity index (χ1) is 16.6. The van der Waals surface area contributed by atoms with Crippen LogP contribution in [-0.4, -0.2) is 49.2 Å². The molecule has 34 heavy (non-hydrogen) atoms. The van der Waals surface area contributed by atoms with E-state index in [0.717, 1.165) is 36.9 Å². The summed E-state index contributed by atoms with van der Waals surface area (Å²) < 4.78 is 0.